The molecule has 1 atom stereocenters. The zero-order valence-electron chi connectivity index (χ0n) is 21.0. The second kappa shape index (κ2) is 9.79. The lowest BCUT2D eigenvalue weighted by Crippen LogP contribution is -2.63. The molecule has 2 N–H and O–H groups in total. The number of hydrogen-bond acceptors (Lipinski definition) is 7. The number of piperazine rings is 1. The number of halogens is 1. The van der Waals surface area contributed by atoms with Crippen molar-refractivity contribution < 1.29 is 19.4 Å². The molecule has 1 aromatic carbocycles. The summed E-state index contributed by atoms with van der Waals surface area (Å²) in [6.07, 6.45) is 5.58. The van der Waals surface area contributed by atoms with Gasteiger partial charge in [-0.3, -0.25) is 9.80 Å². The van der Waals surface area contributed by atoms with E-state index in [2.05, 4.69) is 15.0 Å². The van der Waals surface area contributed by atoms with Gasteiger partial charge in [0.15, 0.2) is 0 Å². The van der Waals surface area contributed by atoms with E-state index in [1.807, 2.05) is 23.8 Å². The predicted octanol–water partition coefficient (Wildman–Crippen LogP) is 3.10. The first kappa shape index (κ1) is 25.5. The van der Waals surface area contributed by atoms with E-state index in [1.54, 1.807) is 38.2 Å². The zero-order chi connectivity index (χ0) is 25.4. The van der Waals surface area contributed by atoms with E-state index < -0.39 is 11.2 Å². The molecule has 190 valence electrons. The molecule has 2 fully saturated rings. The van der Waals surface area contributed by atoms with Crippen molar-refractivity contribution in [3.05, 3.63) is 53.9 Å². The number of benzene rings is 1. The summed E-state index contributed by atoms with van der Waals surface area (Å²) < 4.78 is 15.0. The normalized spacial score (nSPS) is 26.0. The van der Waals surface area contributed by atoms with Gasteiger partial charge in [-0.25, -0.2) is 19.4 Å². The van der Waals surface area contributed by atoms with Crippen molar-refractivity contribution >= 4 is 11.6 Å². The molecule has 35 heavy (non-hydrogen) atoms. The van der Waals surface area contributed by atoms with Gasteiger partial charge in [0.05, 0.1) is 16.9 Å². The van der Waals surface area contributed by atoms with Crippen LogP contribution in [0.5, 0.6) is 0 Å². The van der Waals surface area contributed by atoms with Crippen molar-refractivity contribution in [2.75, 3.05) is 24.5 Å². The molecule has 4 rings (SSSR count). The lowest BCUT2D eigenvalue weighted by Gasteiger charge is -2.50. The average molecular weight is 486 g/mol. The Hall–Kier alpha value is -2.62. The topological polar surface area (TPSA) is 93.0 Å². The van der Waals surface area contributed by atoms with Gasteiger partial charge in [0.1, 0.15) is 17.8 Å². The monoisotopic (exact) mass is 485 g/mol. The standard InChI is InChI=1S/C26H36FN5O3/c1-18-16-30(23-6-5-19(15-21(23)27)25(2,3)34)13-14-31(18)32(20-7-10-26(4,35)11-8-20)24(33)22-9-12-28-17-29-22/h5-6,9,12,15,17-18,20,34-35H,7-8,10-11,13-14,16H2,1-4H3/t18-,20?,26?/m1/s1. The van der Waals surface area contributed by atoms with E-state index in [0.717, 1.165) is 0 Å². The lowest BCUT2D eigenvalue weighted by molar-refractivity contribution is -0.0897. The molecule has 0 spiro atoms. The number of amides is 1. The van der Waals surface area contributed by atoms with Crippen molar-refractivity contribution in [1.82, 2.24) is 20.0 Å². The summed E-state index contributed by atoms with van der Waals surface area (Å²) in [5, 5.41) is 24.6. The second-order valence-corrected chi connectivity index (χ2v) is 10.7. The van der Waals surface area contributed by atoms with Gasteiger partial charge >= 0.3 is 0 Å². The SMILES string of the molecule is C[C@@H]1CN(c2ccc(C(C)(C)O)cc2F)CCN1N(C(=O)c1ccncn1)C1CCC(C)(O)CC1. The number of aliphatic hydroxyl groups is 2. The van der Waals surface area contributed by atoms with Crippen LogP contribution in [-0.4, -0.2) is 73.4 Å². The number of hydrogen-bond donors (Lipinski definition) is 2. The minimum atomic E-state index is -1.11. The van der Waals surface area contributed by atoms with Gasteiger partial charge < -0.3 is 15.1 Å². The van der Waals surface area contributed by atoms with E-state index in [0.29, 0.717) is 62.3 Å². The van der Waals surface area contributed by atoms with Crippen LogP contribution in [0.25, 0.3) is 0 Å². The minimum Gasteiger partial charge on any atom is -0.390 e. The summed E-state index contributed by atoms with van der Waals surface area (Å²) in [6, 6.07) is 6.38. The quantitative estimate of drug-likeness (QED) is 0.672. The third kappa shape index (κ3) is 5.63. The molecule has 8 nitrogen and oxygen atoms in total. The summed E-state index contributed by atoms with van der Waals surface area (Å²) in [6.45, 7) is 8.77. The molecule has 2 heterocycles. The first-order chi connectivity index (χ1) is 16.5. The van der Waals surface area contributed by atoms with Gasteiger partial charge in [0, 0.05) is 37.9 Å². The van der Waals surface area contributed by atoms with Crippen LogP contribution in [0, 0.1) is 5.82 Å². The van der Waals surface area contributed by atoms with Crippen LogP contribution < -0.4 is 4.90 Å². The smallest absolute Gasteiger partial charge is 0.287 e. The fourth-order valence-electron chi connectivity index (χ4n) is 5.13. The van der Waals surface area contributed by atoms with E-state index >= 15 is 0 Å². The minimum absolute atomic E-state index is 0.0468. The van der Waals surface area contributed by atoms with Gasteiger partial charge in [-0.15, -0.1) is 0 Å². The van der Waals surface area contributed by atoms with E-state index in [4.69, 9.17) is 0 Å². The van der Waals surface area contributed by atoms with Crippen LogP contribution in [-0.2, 0) is 5.60 Å². The number of anilines is 1. The Morgan fingerprint density at radius 1 is 1.23 bits per heavy atom. The molecule has 1 saturated heterocycles. The first-order valence-corrected chi connectivity index (χ1v) is 12.3. The van der Waals surface area contributed by atoms with Crippen LogP contribution in [0.15, 0.2) is 36.8 Å². The van der Waals surface area contributed by atoms with Crippen LogP contribution >= 0.6 is 0 Å². The fraction of sp³-hybridized carbons (Fsp3) is 0.577. The Morgan fingerprint density at radius 3 is 2.51 bits per heavy atom. The van der Waals surface area contributed by atoms with Crippen LogP contribution in [0.1, 0.15) is 69.4 Å². The highest BCUT2D eigenvalue weighted by molar-refractivity contribution is 5.92. The predicted molar refractivity (Wildman–Crippen MR) is 131 cm³/mol. The maximum Gasteiger partial charge on any atom is 0.287 e. The number of carbonyl (C=O) groups excluding carboxylic acids is 1. The lowest BCUT2D eigenvalue weighted by atomic mass is 9.83. The number of carbonyl (C=O) groups is 1. The van der Waals surface area contributed by atoms with Gasteiger partial charge in [-0.05, 0) is 77.1 Å². The Balaban J connectivity index is 1.55. The van der Waals surface area contributed by atoms with Gasteiger partial charge in [-0.2, -0.15) is 0 Å². The largest absolute Gasteiger partial charge is 0.390 e. The molecule has 2 aromatic rings. The molecular weight excluding hydrogens is 449 g/mol. The molecule has 1 amide bonds. The molecule has 0 bridgehead atoms. The molecule has 1 aliphatic carbocycles. The zero-order valence-corrected chi connectivity index (χ0v) is 21.0. The highest BCUT2D eigenvalue weighted by atomic mass is 19.1. The van der Waals surface area contributed by atoms with E-state index in [1.165, 1.54) is 12.4 Å². The number of hydrazine groups is 1. The second-order valence-electron chi connectivity index (χ2n) is 10.7. The third-order valence-electron chi connectivity index (χ3n) is 7.25. The molecule has 1 aromatic heterocycles. The maximum atomic E-state index is 15.0. The van der Waals surface area contributed by atoms with Gasteiger partial charge in [0.25, 0.3) is 5.91 Å². The fourth-order valence-corrected chi connectivity index (χ4v) is 5.13. The molecule has 2 aliphatic rings. The van der Waals surface area contributed by atoms with Crippen molar-refractivity contribution in [3.63, 3.8) is 0 Å². The molecular formula is C26H36FN5O3. The summed E-state index contributed by atoms with van der Waals surface area (Å²) in [4.78, 5) is 23.7. The maximum absolute atomic E-state index is 15.0. The molecule has 1 saturated carbocycles. The third-order valence-corrected chi connectivity index (χ3v) is 7.25. The summed E-state index contributed by atoms with van der Waals surface area (Å²) in [5.41, 5.74) is -0.470. The van der Waals surface area contributed by atoms with Crippen molar-refractivity contribution in [2.24, 2.45) is 0 Å². The average Bonchev–Trinajstić information content (AvgIpc) is 2.81. The van der Waals surface area contributed by atoms with Crippen LogP contribution in [0.2, 0.25) is 0 Å². The Labute approximate surface area is 206 Å². The molecule has 1 aliphatic heterocycles. The number of aromatic nitrogens is 2. The van der Waals surface area contributed by atoms with Gasteiger partial charge in [0.2, 0.25) is 0 Å². The molecule has 0 unspecified atom stereocenters. The highest BCUT2D eigenvalue weighted by Gasteiger charge is 2.40. The van der Waals surface area contributed by atoms with E-state index in [-0.39, 0.29) is 23.8 Å². The summed E-state index contributed by atoms with van der Waals surface area (Å²) in [7, 11) is 0. The first-order valence-electron chi connectivity index (χ1n) is 12.3. The summed E-state index contributed by atoms with van der Waals surface area (Å²) >= 11 is 0. The number of nitrogens with zero attached hydrogens (tertiary/aromatic N) is 5. The van der Waals surface area contributed by atoms with Crippen LogP contribution in [0.3, 0.4) is 0 Å². The van der Waals surface area contributed by atoms with Crippen molar-refractivity contribution in [1.29, 1.82) is 0 Å². The van der Waals surface area contributed by atoms with Crippen molar-refractivity contribution in [3.8, 4) is 0 Å². The van der Waals surface area contributed by atoms with Crippen molar-refractivity contribution in [2.45, 2.75) is 76.7 Å². The summed E-state index contributed by atoms with van der Waals surface area (Å²) in [5.74, 6) is -0.548. The molecule has 9 heteroatoms. The van der Waals surface area contributed by atoms with Gasteiger partial charge in [-0.1, -0.05) is 6.07 Å². The highest BCUT2D eigenvalue weighted by Crippen LogP contribution is 2.34. The molecule has 0 radical (unpaired) electrons. The van der Waals surface area contributed by atoms with Crippen LogP contribution in [0.4, 0.5) is 10.1 Å². The Morgan fingerprint density at radius 2 is 1.94 bits per heavy atom. The Bertz CT molecular complexity index is 1030. The number of rotatable bonds is 5. The van der Waals surface area contributed by atoms with E-state index in [9.17, 15) is 19.4 Å². The Kier molecular flexibility index (Phi) is 7.13.